The van der Waals surface area contributed by atoms with E-state index in [2.05, 4.69) is 12.3 Å². The molecule has 0 aliphatic heterocycles. The minimum atomic E-state index is 0.227. The average Bonchev–Trinajstić information content (AvgIpc) is 2.12. The van der Waals surface area contributed by atoms with Gasteiger partial charge in [0.05, 0.1) is 6.61 Å². The maximum Gasteiger partial charge on any atom is 0.0633 e. The lowest BCUT2D eigenvalue weighted by molar-refractivity contribution is 0.100. The van der Waals surface area contributed by atoms with Crippen LogP contribution in [0.4, 0.5) is 0 Å². The number of nitrogens with two attached hydrogens (primary N) is 1. The van der Waals surface area contributed by atoms with Crippen LogP contribution in [0, 0.1) is 5.92 Å². The van der Waals surface area contributed by atoms with Crippen LogP contribution in [-0.2, 0) is 9.47 Å². The Balaban J connectivity index is 3.56. The second kappa shape index (κ2) is 8.44. The molecule has 80 valence electrons. The largest absolute Gasteiger partial charge is 0.384 e. The van der Waals surface area contributed by atoms with Crippen molar-refractivity contribution in [2.75, 3.05) is 26.9 Å². The topological polar surface area (TPSA) is 56.5 Å². The number of hydrazine groups is 1. The number of hydrogen-bond acceptors (Lipinski definition) is 4. The van der Waals surface area contributed by atoms with Crippen molar-refractivity contribution in [1.29, 1.82) is 0 Å². The highest BCUT2D eigenvalue weighted by molar-refractivity contribution is 4.66. The third-order valence-corrected chi connectivity index (χ3v) is 1.90. The highest BCUT2D eigenvalue weighted by Crippen LogP contribution is 2.06. The molecule has 0 aromatic carbocycles. The fourth-order valence-corrected chi connectivity index (χ4v) is 1.28. The highest BCUT2D eigenvalue weighted by Gasteiger charge is 2.11. The Morgan fingerprint density at radius 1 is 1.38 bits per heavy atom. The maximum atomic E-state index is 5.39. The van der Waals surface area contributed by atoms with Gasteiger partial charge in [0.1, 0.15) is 0 Å². The maximum absolute atomic E-state index is 5.39. The van der Waals surface area contributed by atoms with Crippen LogP contribution >= 0.6 is 0 Å². The monoisotopic (exact) mass is 190 g/mol. The summed E-state index contributed by atoms with van der Waals surface area (Å²) >= 11 is 0. The van der Waals surface area contributed by atoms with E-state index in [9.17, 15) is 0 Å². The molecule has 2 unspecified atom stereocenters. The summed E-state index contributed by atoms with van der Waals surface area (Å²) in [6.45, 7) is 6.29. The van der Waals surface area contributed by atoms with Gasteiger partial charge >= 0.3 is 0 Å². The quantitative estimate of drug-likeness (QED) is 0.433. The molecule has 0 saturated carbocycles. The van der Waals surface area contributed by atoms with E-state index in [1.165, 1.54) is 0 Å². The molecule has 0 rings (SSSR count). The van der Waals surface area contributed by atoms with E-state index in [1.807, 2.05) is 6.92 Å². The lowest BCUT2D eigenvalue weighted by atomic mass is 10.0. The molecule has 0 aromatic heterocycles. The van der Waals surface area contributed by atoms with Crippen LogP contribution in [0.3, 0.4) is 0 Å². The molecular formula is C9H22N2O2. The van der Waals surface area contributed by atoms with Crippen molar-refractivity contribution in [3.63, 3.8) is 0 Å². The van der Waals surface area contributed by atoms with Crippen molar-refractivity contribution >= 4 is 0 Å². The second-order valence-electron chi connectivity index (χ2n) is 3.32. The Morgan fingerprint density at radius 2 is 2.08 bits per heavy atom. The van der Waals surface area contributed by atoms with E-state index in [0.717, 1.165) is 19.6 Å². The molecule has 0 bridgehead atoms. The summed E-state index contributed by atoms with van der Waals surface area (Å²) in [5, 5.41) is 0. The molecule has 0 aliphatic rings. The molecular weight excluding hydrogens is 168 g/mol. The first-order valence-electron chi connectivity index (χ1n) is 4.77. The third-order valence-electron chi connectivity index (χ3n) is 1.90. The summed E-state index contributed by atoms with van der Waals surface area (Å²) in [5.74, 6) is 5.89. The van der Waals surface area contributed by atoms with E-state index in [1.54, 1.807) is 7.11 Å². The van der Waals surface area contributed by atoms with Crippen molar-refractivity contribution in [2.24, 2.45) is 11.8 Å². The van der Waals surface area contributed by atoms with Gasteiger partial charge in [0, 0.05) is 26.4 Å². The van der Waals surface area contributed by atoms with E-state index >= 15 is 0 Å². The number of hydrogen-bond donors (Lipinski definition) is 2. The summed E-state index contributed by atoms with van der Waals surface area (Å²) in [5.41, 5.74) is 2.75. The zero-order valence-corrected chi connectivity index (χ0v) is 8.88. The number of methoxy groups -OCH3 is 1. The average molecular weight is 190 g/mol. The fourth-order valence-electron chi connectivity index (χ4n) is 1.28. The first-order valence-corrected chi connectivity index (χ1v) is 4.77. The first kappa shape index (κ1) is 12.8. The molecule has 0 fully saturated rings. The van der Waals surface area contributed by atoms with E-state index < -0.39 is 0 Å². The number of nitrogens with one attached hydrogen (secondary N) is 1. The van der Waals surface area contributed by atoms with Crippen molar-refractivity contribution in [2.45, 2.75) is 26.3 Å². The highest BCUT2D eigenvalue weighted by atomic mass is 16.5. The summed E-state index contributed by atoms with van der Waals surface area (Å²) in [4.78, 5) is 0. The zero-order valence-electron chi connectivity index (χ0n) is 8.88. The van der Waals surface area contributed by atoms with Crippen LogP contribution < -0.4 is 11.3 Å². The minimum Gasteiger partial charge on any atom is -0.384 e. The Labute approximate surface area is 80.7 Å². The first-order chi connectivity index (χ1) is 6.24. The number of rotatable bonds is 8. The van der Waals surface area contributed by atoms with E-state index in [4.69, 9.17) is 15.3 Å². The van der Waals surface area contributed by atoms with Crippen molar-refractivity contribution in [1.82, 2.24) is 5.43 Å². The zero-order chi connectivity index (χ0) is 10.1. The SMILES string of the molecule is CCOCC(CC(C)COC)NN. The van der Waals surface area contributed by atoms with Gasteiger partial charge < -0.3 is 9.47 Å². The minimum absolute atomic E-state index is 0.227. The van der Waals surface area contributed by atoms with E-state index in [0.29, 0.717) is 12.5 Å². The predicted molar refractivity (Wildman–Crippen MR) is 53.3 cm³/mol. The second-order valence-corrected chi connectivity index (χ2v) is 3.32. The summed E-state index contributed by atoms with van der Waals surface area (Å²) in [6, 6.07) is 0.227. The molecule has 4 nitrogen and oxygen atoms in total. The van der Waals surface area contributed by atoms with Gasteiger partial charge in [-0.3, -0.25) is 11.3 Å². The van der Waals surface area contributed by atoms with E-state index in [-0.39, 0.29) is 6.04 Å². The van der Waals surface area contributed by atoms with Gasteiger partial charge in [-0.15, -0.1) is 0 Å². The molecule has 2 atom stereocenters. The van der Waals surface area contributed by atoms with Gasteiger partial charge in [-0.1, -0.05) is 6.92 Å². The Kier molecular flexibility index (Phi) is 8.33. The molecule has 0 radical (unpaired) electrons. The van der Waals surface area contributed by atoms with Crippen molar-refractivity contribution in [3.8, 4) is 0 Å². The van der Waals surface area contributed by atoms with Crippen LogP contribution in [0.5, 0.6) is 0 Å². The van der Waals surface area contributed by atoms with Crippen LogP contribution in [0.2, 0.25) is 0 Å². The molecule has 0 saturated heterocycles. The smallest absolute Gasteiger partial charge is 0.0633 e. The van der Waals surface area contributed by atoms with Crippen LogP contribution in [0.15, 0.2) is 0 Å². The van der Waals surface area contributed by atoms with Gasteiger partial charge in [0.2, 0.25) is 0 Å². The Bertz CT molecular complexity index is 112. The van der Waals surface area contributed by atoms with Gasteiger partial charge in [0.25, 0.3) is 0 Å². The van der Waals surface area contributed by atoms with Crippen LogP contribution in [-0.4, -0.2) is 33.0 Å². The lowest BCUT2D eigenvalue weighted by Gasteiger charge is -2.19. The Hall–Kier alpha value is -0.160. The summed E-state index contributed by atoms with van der Waals surface area (Å²) in [6.07, 6.45) is 0.977. The summed E-state index contributed by atoms with van der Waals surface area (Å²) in [7, 11) is 1.71. The van der Waals surface area contributed by atoms with Gasteiger partial charge in [0.15, 0.2) is 0 Å². The molecule has 0 aromatic rings. The summed E-state index contributed by atoms with van der Waals surface area (Å²) < 4.78 is 10.3. The molecule has 0 aliphatic carbocycles. The third kappa shape index (κ3) is 6.95. The molecule has 0 heterocycles. The predicted octanol–water partition coefficient (Wildman–Crippen LogP) is 0.527. The lowest BCUT2D eigenvalue weighted by Crippen LogP contribution is -2.40. The number of ether oxygens (including phenoxy) is 2. The molecule has 13 heavy (non-hydrogen) atoms. The standard InChI is InChI=1S/C9H22N2O2/c1-4-13-7-9(11-10)5-8(2)6-12-3/h8-9,11H,4-7,10H2,1-3H3. The van der Waals surface area contributed by atoms with Gasteiger partial charge in [-0.05, 0) is 19.3 Å². The van der Waals surface area contributed by atoms with Gasteiger partial charge in [-0.2, -0.15) is 0 Å². The van der Waals surface area contributed by atoms with Gasteiger partial charge in [-0.25, -0.2) is 0 Å². The van der Waals surface area contributed by atoms with Crippen molar-refractivity contribution in [3.05, 3.63) is 0 Å². The van der Waals surface area contributed by atoms with Crippen LogP contribution in [0.1, 0.15) is 20.3 Å². The van der Waals surface area contributed by atoms with Crippen molar-refractivity contribution < 1.29 is 9.47 Å². The van der Waals surface area contributed by atoms with Crippen LogP contribution in [0.25, 0.3) is 0 Å². The fraction of sp³-hybridized carbons (Fsp3) is 1.00. The molecule has 0 amide bonds. The molecule has 3 N–H and O–H groups in total. The Morgan fingerprint density at radius 3 is 2.54 bits per heavy atom. The molecule has 0 spiro atoms. The normalized spacial score (nSPS) is 15.7. The molecule has 4 heteroatoms.